The molecule has 2 heterocycles. The smallest absolute Gasteiger partial charge is 0.340 e. The fraction of sp³-hybridized carbons (Fsp3) is 0.182. The van der Waals surface area contributed by atoms with Crippen molar-refractivity contribution in [2.24, 2.45) is 0 Å². The first kappa shape index (κ1) is 12.7. The number of esters is 1. The number of amides is 1. The molecule has 0 aliphatic heterocycles. The Morgan fingerprint density at radius 3 is 2.78 bits per heavy atom. The highest BCUT2D eigenvalue weighted by molar-refractivity contribution is 7.14. The summed E-state index contributed by atoms with van der Waals surface area (Å²) in [6, 6.07) is 1.61. The van der Waals surface area contributed by atoms with Gasteiger partial charge in [-0.3, -0.25) is 4.79 Å². The van der Waals surface area contributed by atoms with Gasteiger partial charge in [0.2, 0.25) is 0 Å². The highest BCUT2D eigenvalue weighted by atomic mass is 32.1. The molecule has 0 saturated heterocycles. The highest BCUT2D eigenvalue weighted by Crippen LogP contribution is 2.24. The molecule has 0 aliphatic rings. The van der Waals surface area contributed by atoms with E-state index >= 15 is 0 Å². The van der Waals surface area contributed by atoms with Gasteiger partial charge in [-0.1, -0.05) is 0 Å². The SMILES string of the molecule is COC(=O)c1ccsc1NC(=O)c1csc(C)n1. The zero-order chi connectivity index (χ0) is 13.1. The average Bonchev–Trinajstić information content (AvgIpc) is 2.97. The lowest BCUT2D eigenvalue weighted by Crippen LogP contribution is -2.14. The van der Waals surface area contributed by atoms with Crippen molar-refractivity contribution >= 4 is 39.6 Å². The van der Waals surface area contributed by atoms with Crippen LogP contribution in [0.15, 0.2) is 16.8 Å². The van der Waals surface area contributed by atoms with Gasteiger partial charge in [0.25, 0.3) is 5.91 Å². The van der Waals surface area contributed by atoms with Crippen molar-refractivity contribution < 1.29 is 14.3 Å². The number of aryl methyl sites for hydroxylation is 1. The number of aromatic nitrogens is 1. The van der Waals surface area contributed by atoms with E-state index in [-0.39, 0.29) is 5.91 Å². The normalized spacial score (nSPS) is 10.1. The molecule has 1 amide bonds. The number of carbonyl (C=O) groups excluding carboxylic acids is 2. The minimum atomic E-state index is -0.471. The lowest BCUT2D eigenvalue weighted by atomic mass is 10.3. The molecule has 0 unspecified atom stereocenters. The fourth-order valence-corrected chi connectivity index (χ4v) is 2.67. The number of rotatable bonds is 3. The molecule has 0 spiro atoms. The van der Waals surface area contributed by atoms with Crippen LogP contribution in [0.3, 0.4) is 0 Å². The monoisotopic (exact) mass is 282 g/mol. The number of nitrogens with one attached hydrogen (secondary N) is 1. The van der Waals surface area contributed by atoms with E-state index in [1.807, 2.05) is 6.92 Å². The number of thiazole rings is 1. The summed E-state index contributed by atoms with van der Waals surface area (Å²) in [4.78, 5) is 27.4. The quantitative estimate of drug-likeness (QED) is 0.878. The minimum Gasteiger partial charge on any atom is -0.465 e. The first-order valence-electron chi connectivity index (χ1n) is 5.01. The van der Waals surface area contributed by atoms with Crippen LogP contribution < -0.4 is 5.32 Å². The van der Waals surface area contributed by atoms with Gasteiger partial charge in [-0.2, -0.15) is 0 Å². The maximum absolute atomic E-state index is 11.9. The summed E-state index contributed by atoms with van der Waals surface area (Å²) in [5.41, 5.74) is 0.699. The van der Waals surface area contributed by atoms with Crippen molar-refractivity contribution in [3.8, 4) is 0 Å². The van der Waals surface area contributed by atoms with E-state index in [2.05, 4.69) is 15.0 Å². The molecule has 0 bridgehead atoms. The molecular formula is C11H10N2O3S2. The van der Waals surface area contributed by atoms with Crippen LogP contribution in [0.2, 0.25) is 0 Å². The van der Waals surface area contributed by atoms with Crippen LogP contribution in [0.5, 0.6) is 0 Å². The van der Waals surface area contributed by atoms with E-state index in [4.69, 9.17) is 0 Å². The Morgan fingerprint density at radius 1 is 1.39 bits per heavy atom. The van der Waals surface area contributed by atoms with Crippen LogP contribution in [-0.4, -0.2) is 24.0 Å². The van der Waals surface area contributed by atoms with Crippen LogP contribution in [0, 0.1) is 6.92 Å². The second-order valence-electron chi connectivity index (χ2n) is 3.36. The number of hydrogen-bond donors (Lipinski definition) is 1. The van der Waals surface area contributed by atoms with Crippen LogP contribution in [0.4, 0.5) is 5.00 Å². The molecule has 18 heavy (non-hydrogen) atoms. The van der Waals surface area contributed by atoms with Gasteiger partial charge < -0.3 is 10.1 Å². The summed E-state index contributed by atoms with van der Waals surface area (Å²) in [7, 11) is 1.30. The molecule has 1 N–H and O–H groups in total. The standard InChI is InChI=1S/C11H10N2O3S2/c1-6-12-8(5-18-6)9(14)13-10-7(3-4-17-10)11(15)16-2/h3-5H,1-2H3,(H,13,14). The highest BCUT2D eigenvalue weighted by Gasteiger charge is 2.17. The Hall–Kier alpha value is -1.73. The Balaban J connectivity index is 2.17. The van der Waals surface area contributed by atoms with Crippen LogP contribution in [0.25, 0.3) is 0 Å². The molecule has 94 valence electrons. The Labute approximate surface area is 111 Å². The summed E-state index contributed by atoms with van der Waals surface area (Å²) in [5.74, 6) is -0.798. The predicted octanol–water partition coefficient (Wildman–Crippen LogP) is 2.55. The van der Waals surface area contributed by atoms with Gasteiger partial charge in [0.15, 0.2) is 0 Å². The molecular weight excluding hydrogens is 272 g/mol. The second kappa shape index (κ2) is 5.28. The van der Waals surface area contributed by atoms with Gasteiger partial charge in [-0.05, 0) is 18.4 Å². The van der Waals surface area contributed by atoms with Gasteiger partial charge >= 0.3 is 5.97 Å². The van der Waals surface area contributed by atoms with Crippen molar-refractivity contribution in [2.45, 2.75) is 6.92 Å². The van der Waals surface area contributed by atoms with Gasteiger partial charge in [-0.25, -0.2) is 9.78 Å². The Morgan fingerprint density at radius 2 is 2.17 bits per heavy atom. The summed E-state index contributed by atoms with van der Waals surface area (Å²) >= 11 is 2.67. The van der Waals surface area contributed by atoms with Crippen LogP contribution in [0.1, 0.15) is 25.9 Å². The number of anilines is 1. The van der Waals surface area contributed by atoms with Gasteiger partial charge in [0, 0.05) is 5.38 Å². The lowest BCUT2D eigenvalue weighted by Gasteiger charge is -2.03. The van der Waals surface area contributed by atoms with Crippen LogP contribution in [-0.2, 0) is 4.74 Å². The van der Waals surface area contributed by atoms with E-state index in [1.165, 1.54) is 29.8 Å². The average molecular weight is 282 g/mol. The molecule has 0 radical (unpaired) electrons. The zero-order valence-corrected chi connectivity index (χ0v) is 11.4. The molecule has 0 fully saturated rings. The van der Waals surface area contributed by atoms with Gasteiger partial charge in [0.1, 0.15) is 10.7 Å². The van der Waals surface area contributed by atoms with Crippen molar-refractivity contribution in [3.05, 3.63) is 33.1 Å². The second-order valence-corrected chi connectivity index (χ2v) is 5.34. The van der Waals surface area contributed by atoms with Crippen molar-refractivity contribution in [1.29, 1.82) is 0 Å². The van der Waals surface area contributed by atoms with Crippen molar-refractivity contribution in [1.82, 2.24) is 4.98 Å². The molecule has 2 rings (SSSR count). The molecule has 0 aliphatic carbocycles. The molecule has 2 aromatic rings. The van der Waals surface area contributed by atoms with E-state index in [1.54, 1.807) is 16.8 Å². The maximum Gasteiger partial charge on any atom is 0.340 e. The molecule has 0 atom stereocenters. The maximum atomic E-state index is 11.9. The van der Waals surface area contributed by atoms with Crippen LogP contribution >= 0.6 is 22.7 Å². The number of carbonyl (C=O) groups is 2. The van der Waals surface area contributed by atoms with E-state index in [9.17, 15) is 9.59 Å². The third-order valence-electron chi connectivity index (χ3n) is 2.15. The van der Waals surface area contributed by atoms with E-state index in [0.29, 0.717) is 16.3 Å². The molecule has 0 aromatic carbocycles. The summed E-state index contributed by atoms with van der Waals surface area (Å²) in [5, 5.41) is 7.34. The van der Waals surface area contributed by atoms with E-state index < -0.39 is 5.97 Å². The lowest BCUT2D eigenvalue weighted by molar-refractivity contribution is 0.0602. The Bertz CT molecular complexity index is 589. The van der Waals surface area contributed by atoms with E-state index in [0.717, 1.165) is 5.01 Å². The number of ether oxygens (including phenoxy) is 1. The third kappa shape index (κ3) is 2.57. The van der Waals surface area contributed by atoms with Gasteiger partial charge in [-0.15, -0.1) is 22.7 Å². The molecule has 0 saturated carbocycles. The van der Waals surface area contributed by atoms with Crippen molar-refractivity contribution in [2.75, 3.05) is 12.4 Å². The first-order valence-corrected chi connectivity index (χ1v) is 6.77. The largest absolute Gasteiger partial charge is 0.465 e. The number of methoxy groups -OCH3 is 1. The number of thiophene rings is 1. The topological polar surface area (TPSA) is 68.3 Å². The predicted molar refractivity (Wildman–Crippen MR) is 70.5 cm³/mol. The third-order valence-corrected chi connectivity index (χ3v) is 3.75. The zero-order valence-electron chi connectivity index (χ0n) is 9.72. The van der Waals surface area contributed by atoms with Gasteiger partial charge in [0.05, 0.1) is 17.7 Å². The number of nitrogens with zero attached hydrogens (tertiary/aromatic N) is 1. The molecule has 5 nitrogen and oxygen atoms in total. The number of hydrogen-bond acceptors (Lipinski definition) is 6. The molecule has 7 heteroatoms. The summed E-state index contributed by atoms with van der Waals surface area (Å²) in [6.45, 7) is 1.83. The fourth-order valence-electron chi connectivity index (χ4n) is 1.31. The Kier molecular flexibility index (Phi) is 3.73. The first-order chi connectivity index (χ1) is 8.61. The summed E-state index contributed by atoms with van der Waals surface area (Å²) < 4.78 is 4.63. The molecule has 2 aromatic heterocycles. The summed E-state index contributed by atoms with van der Waals surface area (Å²) in [6.07, 6.45) is 0. The minimum absolute atomic E-state index is 0.327. The van der Waals surface area contributed by atoms with Crippen molar-refractivity contribution in [3.63, 3.8) is 0 Å².